The Balaban J connectivity index is 1.75. The Bertz CT molecular complexity index is 1520. The van der Waals surface area contributed by atoms with Crippen LogP contribution in [-0.4, -0.2) is 61.3 Å². The van der Waals surface area contributed by atoms with Gasteiger partial charge in [-0.2, -0.15) is 0 Å². The smallest absolute Gasteiger partial charge is 0.295 e. The lowest BCUT2D eigenvalue weighted by molar-refractivity contribution is -0.125. The summed E-state index contributed by atoms with van der Waals surface area (Å²) in [5.74, 6) is -0.453. The maximum Gasteiger partial charge on any atom is 0.295 e. The van der Waals surface area contributed by atoms with Crippen LogP contribution in [0.25, 0.3) is 0 Å². The van der Waals surface area contributed by atoms with Crippen LogP contribution < -0.4 is 10.5 Å². The highest BCUT2D eigenvalue weighted by atomic mass is 32.2. The number of hydrogen-bond acceptors (Lipinski definition) is 8. The Morgan fingerprint density at radius 3 is 2.48 bits per heavy atom. The van der Waals surface area contributed by atoms with Crippen molar-refractivity contribution < 1.29 is 32.6 Å². The van der Waals surface area contributed by atoms with E-state index in [0.717, 1.165) is 0 Å². The second kappa shape index (κ2) is 12.7. The summed E-state index contributed by atoms with van der Waals surface area (Å²) in [5, 5.41) is 13.0. The highest BCUT2D eigenvalue weighted by Gasteiger charge is 2.53. The number of hydrogen-bond donors (Lipinski definition) is 2. The number of primary amides is 1. The first kappa shape index (κ1) is 28.7. The number of sulfone groups is 1. The zero-order chi connectivity index (χ0) is 28.6. The van der Waals surface area contributed by atoms with Crippen LogP contribution in [0.15, 0.2) is 93.9 Å². The molecular weight excluding hydrogens is 532 g/mol. The van der Waals surface area contributed by atoms with Gasteiger partial charge in [-0.1, -0.05) is 42.5 Å². The van der Waals surface area contributed by atoms with Gasteiger partial charge >= 0.3 is 0 Å². The van der Waals surface area contributed by atoms with E-state index < -0.39 is 27.4 Å². The van der Waals surface area contributed by atoms with E-state index in [2.05, 4.69) is 21.6 Å². The van der Waals surface area contributed by atoms with Gasteiger partial charge in [-0.05, 0) is 42.0 Å². The molecular formula is C29H31N4O6S+. The lowest BCUT2D eigenvalue weighted by Crippen LogP contribution is -2.47. The number of aliphatic hydroxyl groups is 1. The maximum absolute atomic E-state index is 13.2. The minimum Gasteiger partial charge on any atom is -0.494 e. The molecule has 1 heterocycles. The number of aliphatic hydroxyl groups excluding tert-OH is 1. The fourth-order valence-electron chi connectivity index (χ4n) is 4.47. The molecule has 0 aromatic heterocycles. The van der Waals surface area contributed by atoms with E-state index in [4.69, 9.17) is 20.3 Å². The largest absolute Gasteiger partial charge is 0.494 e. The SMILES string of the molecule is C=[N+]=NCc1ccccc1[C@H]1OC(c2ccc(OCCCO)cc2)=N[C@@]1(CCS(=O)(=O)c1ccccc1)C(N)=O. The number of amides is 1. The average Bonchev–Trinajstić information content (AvgIpc) is 3.37. The van der Waals surface area contributed by atoms with Crippen molar-refractivity contribution in [3.8, 4) is 5.75 Å². The van der Waals surface area contributed by atoms with Gasteiger partial charge in [-0.25, -0.2) is 13.4 Å². The number of nitrogens with zero attached hydrogens (tertiary/aromatic N) is 3. The van der Waals surface area contributed by atoms with Crippen molar-refractivity contribution in [1.29, 1.82) is 0 Å². The number of benzene rings is 3. The number of ether oxygens (including phenoxy) is 2. The Morgan fingerprint density at radius 2 is 1.80 bits per heavy atom. The Hall–Kier alpha value is -4.31. The molecule has 208 valence electrons. The summed E-state index contributed by atoms with van der Waals surface area (Å²) in [7, 11) is -3.76. The molecule has 4 rings (SSSR count). The van der Waals surface area contributed by atoms with Crippen LogP contribution in [0.2, 0.25) is 0 Å². The van der Waals surface area contributed by atoms with E-state index in [-0.39, 0.29) is 36.1 Å². The molecule has 0 spiro atoms. The number of carbonyl (C=O) groups is 1. The van der Waals surface area contributed by atoms with Gasteiger partial charge in [-0.3, -0.25) is 4.79 Å². The normalized spacial score (nSPS) is 18.3. The zero-order valence-corrected chi connectivity index (χ0v) is 22.7. The van der Waals surface area contributed by atoms with Gasteiger partial charge in [0.1, 0.15) is 12.3 Å². The fraction of sp³-hybridized carbons (Fsp3) is 0.276. The highest BCUT2D eigenvalue weighted by Crippen LogP contribution is 2.44. The Labute approximate surface area is 232 Å². The van der Waals surface area contributed by atoms with Crippen molar-refractivity contribution in [3.05, 3.63) is 95.6 Å². The number of carbonyl (C=O) groups excluding carboxylic acids is 1. The zero-order valence-electron chi connectivity index (χ0n) is 21.8. The van der Waals surface area contributed by atoms with Crippen LogP contribution in [0.4, 0.5) is 0 Å². The van der Waals surface area contributed by atoms with Gasteiger partial charge in [0.15, 0.2) is 21.5 Å². The molecule has 10 nitrogen and oxygen atoms in total. The molecule has 0 unspecified atom stereocenters. The van der Waals surface area contributed by atoms with Crippen molar-refractivity contribution in [2.24, 2.45) is 15.8 Å². The van der Waals surface area contributed by atoms with Gasteiger partial charge in [-0.15, -0.1) is 0 Å². The van der Waals surface area contributed by atoms with E-state index in [1.165, 1.54) is 12.1 Å². The number of nitrogens with two attached hydrogens (primary N) is 1. The van der Waals surface area contributed by atoms with Crippen LogP contribution in [-0.2, 0) is 25.9 Å². The van der Waals surface area contributed by atoms with Gasteiger partial charge in [0, 0.05) is 35.4 Å². The molecule has 1 aliphatic heterocycles. The molecule has 0 fully saturated rings. The minimum atomic E-state index is -3.76. The lowest BCUT2D eigenvalue weighted by atomic mass is 9.83. The summed E-state index contributed by atoms with van der Waals surface area (Å²) in [6, 6.07) is 22.1. The first-order chi connectivity index (χ1) is 19.3. The molecule has 3 aromatic carbocycles. The van der Waals surface area contributed by atoms with E-state index in [1.807, 2.05) is 12.1 Å². The van der Waals surface area contributed by atoms with E-state index in [0.29, 0.717) is 35.5 Å². The summed E-state index contributed by atoms with van der Waals surface area (Å²) < 4.78 is 38.3. The van der Waals surface area contributed by atoms with Crippen molar-refractivity contribution in [1.82, 2.24) is 0 Å². The summed E-state index contributed by atoms with van der Waals surface area (Å²) in [6.45, 7) is 3.95. The summed E-state index contributed by atoms with van der Waals surface area (Å²) in [5.41, 5.74) is 6.14. The van der Waals surface area contributed by atoms with Crippen LogP contribution in [0.3, 0.4) is 0 Å². The fourth-order valence-corrected chi connectivity index (χ4v) is 5.85. The molecule has 1 amide bonds. The Kier molecular flexibility index (Phi) is 9.11. The summed E-state index contributed by atoms with van der Waals surface area (Å²) in [4.78, 5) is 21.6. The third-order valence-electron chi connectivity index (χ3n) is 6.60. The van der Waals surface area contributed by atoms with E-state index >= 15 is 0 Å². The number of rotatable bonds is 13. The topological polar surface area (TPSA) is 155 Å². The molecule has 0 radical (unpaired) electrons. The van der Waals surface area contributed by atoms with Crippen LogP contribution in [0.5, 0.6) is 5.75 Å². The van der Waals surface area contributed by atoms with Crippen molar-refractivity contribution in [3.63, 3.8) is 0 Å². The van der Waals surface area contributed by atoms with Gasteiger partial charge in [0.25, 0.3) is 6.72 Å². The molecule has 0 saturated carbocycles. The molecule has 3 aromatic rings. The lowest BCUT2D eigenvalue weighted by Gasteiger charge is -2.29. The van der Waals surface area contributed by atoms with Gasteiger partial charge in [0.05, 0.1) is 22.4 Å². The third-order valence-corrected chi connectivity index (χ3v) is 8.33. The Morgan fingerprint density at radius 1 is 1.10 bits per heavy atom. The third kappa shape index (κ3) is 6.28. The van der Waals surface area contributed by atoms with Crippen molar-refractivity contribution in [2.75, 3.05) is 19.0 Å². The standard InChI is InChI=1S/C29H30N4O6S/c1-31-32-20-22-8-5-6-11-25(22)26-29(28(30)35,16-19-40(36,37)24-9-3-2-4-10-24)33-27(39-26)21-12-14-23(15-13-21)38-18-7-17-34/h2-6,8-15,26,34H,1,7,16-20H2,(H-,30,35)/p+1/t26-,29-/m1/s1. The molecule has 11 heteroatoms. The molecule has 0 aliphatic carbocycles. The highest BCUT2D eigenvalue weighted by molar-refractivity contribution is 7.91. The second-order valence-corrected chi connectivity index (χ2v) is 11.3. The molecule has 1 aliphatic rings. The predicted octanol–water partition coefficient (Wildman–Crippen LogP) is 2.92. The van der Waals surface area contributed by atoms with Gasteiger partial charge < -0.3 is 20.3 Å². The van der Waals surface area contributed by atoms with E-state index in [9.17, 15) is 13.2 Å². The van der Waals surface area contributed by atoms with Crippen LogP contribution in [0.1, 0.15) is 35.6 Å². The second-order valence-electron chi connectivity index (χ2n) is 9.18. The van der Waals surface area contributed by atoms with E-state index in [1.54, 1.807) is 54.6 Å². The average molecular weight is 564 g/mol. The first-order valence-electron chi connectivity index (χ1n) is 12.7. The molecule has 2 atom stereocenters. The minimum absolute atomic E-state index is 0.0247. The summed E-state index contributed by atoms with van der Waals surface area (Å²) >= 11 is 0. The predicted molar refractivity (Wildman–Crippen MR) is 149 cm³/mol. The maximum atomic E-state index is 13.2. The molecule has 0 bridgehead atoms. The quantitative estimate of drug-likeness (QED) is 0.141. The molecule has 40 heavy (non-hydrogen) atoms. The van der Waals surface area contributed by atoms with Crippen molar-refractivity contribution >= 4 is 28.4 Å². The van der Waals surface area contributed by atoms with Crippen LogP contribution in [0, 0.1) is 0 Å². The first-order valence-corrected chi connectivity index (χ1v) is 14.3. The monoisotopic (exact) mass is 563 g/mol. The van der Waals surface area contributed by atoms with Crippen LogP contribution >= 0.6 is 0 Å². The summed E-state index contributed by atoms with van der Waals surface area (Å²) in [6.07, 6.45) is -0.719. The molecule has 3 N–H and O–H groups in total. The molecule has 0 saturated heterocycles. The number of aliphatic imine (C=N–C) groups is 1. The van der Waals surface area contributed by atoms with Crippen molar-refractivity contribution in [2.45, 2.75) is 35.9 Å². The van der Waals surface area contributed by atoms with Gasteiger partial charge in [0.2, 0.25) is 11.8 Å².